The second kappa shape index (κ2) is 7.18. The first-order chi connectivity index (χ1) is 13.8. The van der Waals surface area contributed by atoms with Gasteiger partial charge in [-0.25, -0.2) is 39.5 Å². The van der Waals surface area contributed by atoms with E-state index in [1.54, 1.807) is 0 Å². The summed E-state index contributed by atoms with van der Waals surface area (Å²) in [4.78, 5) is -0.686. The monoisotopic (exact) mass is 456 g/mol. The van der Waals surface area contributed by atoms with Gasteiger partial charge in [0, 0.05) is 10.5 Å². The molecule has 0 spiro atoms. The van der Waals surface area contributed by atoms with Gasteiger partial charge in [0.15, 0.2) is 41.1 Å². The van der Waals surface area contributed by atoms with E-state index in [4.69, 9.17) is 0 Å². The van der Waals surface area contributed by atoms with Gasteiger partial charge in [-0.3, -0.25) is 0 Å². The first-order valence-corrected chi connectivity index (χ1v) is 9.33. The molecule has 3 rings (SSSR count). The summed E-state index contributed by atoms with van der Waals surface area (Å²) in [5.41, 5.74) is -8.11. The Labute approximate surface area is 169 Å². The van der Waals surface area contributed by atoms with Crippen LogP contribution in [0, 0.1) is 34.5 Å². The van der Waals surface area contributed by atoms with E-state index >= 15 is 17.6 Å². The lowest BCUT2D eigenvalue weighted by Gasteiger charge is -2.40. The maximum atomic E-state index is 15.5. The number of hydrogen-bond donors (Lipinski definition) is 0. The van der Waals surface area contributed by atoms with E-state index < -0.39 is 79.6 Å². The summed E-state index contributed by atoms with van der Waals surface area (Å²) in [5, 5.41) is 1.17. The molecule has 1 aliphatic rings. The fourth-order valence-corrected chi connectivity index (χ4v) is 4.49. The second-order valence-corrected chi connectivity index (χ2v) is 8.64. The predicted octanol–water partition coefficient (Wildman–Crippen LogP) is 7.50. The summed E-state index contributed by atoms with van der Waals surface area (Å²) < 4.78 is 132. The van der Waals surface area contributed by atoms with Crippen LogP contribution in [0.2, 0.25) is 0 Å². The Hall–Kier alpha value is -2.23. The summed E-state index contributed by atoms with van der Waals surface area (Å²) in [6.07, 6.45) is -3.31. The molecule has 0 radical (unpaired) electrons. The van der Waals surface area contributed by atoms with Crippen LogP contribution in [0.3, 0.4) is 0 Å². The quantitative estimate of drug-likeness (QED) is 0.249. The first kappa shape index (κ1) is 22.5. The summed E-state index contributed by atoms with van der Waals surface area (Å²) in [7, 11) is 0. The van der Waals surface area contributed by atoms with Crippen molar-refractivity contribution in [2.75, 3.05) is 0 Å². The van der Waals surface area contributed by atoms with E-state index in [1.807, 2.05) is 0 Å². The average molecular weight is 456 g/mol. The molecule has 0 saturated carbocycles. The molecule has 162 valence electrons. The molecule has 1 heterocycles. The molecule has 1 aromatic carbocycles. The minimum atomic E-state index is -3.58. The molecule has 1 aliphatic carbocycles. The molecule has 0 aliphatic heterocycles. The van der Waals surface area contributed by atoms with Crippen LogP contribution in [0.25, 0.3) is 0 Å². The highest BCUT2D eigenvalue weighted by Crippen LogP contribution is 2.57. The molecule has 0 fully saturated rings. The average Bonchev–Trinajstić information content (AvgIpc) is 3.20. The molecule has 2 unspecified atom stereocenters. The zero-order valence-corrected chi connectivity index (χ0v) is 16.4. The lowest BCUT2D eigenvalue weighted by molar-refractivity contribution is 0.189. The molecule has 30 heavy (non-hydrogen) atoms. The van der Waals surface area contributed by atoms with Crippen LogP contribution in [-0.4, -0.2) is 6.17 Å². The van der Waals surface area contributed by atoms with Crippen LogP contribution in [0.15, 0.2) is 40.6 Å². The van der Waals surface area contributed by atoms with Crippen molar-refractivity contribution in [2.24, 2.45) is 5.41 Å². The summed E-state index contributed by atoms with van der Waals surface area (Å²) in [5.74, 6) is -18.8. The largest absolute Gasteiger partial charge is 0.238 e. The highest BCUT2D eigenvalue weighted by atomic mass is 32.1. The SMILES string of the molecule is CC(C)(C)C1=C(F)C(F)C(c2cccs2)(c2c(F)c(F)c(F)c(F)c2F)C(F)=C1F. The summed E-state index contributed by atoms with van der Waals surface area (Å²) in [6.45, 7) is 3.70. The van der Waals surface area contributed by atoms with E-state index in [9.17, 15) is 22.0 Å². The Bertz CT molecular complexity index is 1050. The van der Waals surface area contributed by atoms with E-state index in [0.29, 0.717) is 11.3 Å². The van der Waals surface area contributed by atoms with Crippen LogP contribution in [0.4, 0.5) is 39.5 Å². The number of hydrogen-bond acceptors (Lipinski definition) is 1. The topological polar surface area (TPSA) is 0 Å². The highest BCUT2D eigenvalue weighted by molar-refractivity contribution is 7.10. The first-order valence-electron chi connectivity index (χ1n) is 8.45. The maximum absolute atomic E-state index is 15.5. The van der Waals surface area contributed by atoms with E-state index in [2.05, 4.69) is 0 Å². The van der Waals surface area contributed by atoms with Gasteiger partial charge in [-0.15, -0.1) is 11.3 Å². The van der Waals surface area contributed by atoms with Crippen LogP contribution in [0.5, 0.6) is 0 Å². The van der Waals surface area contributed by atoms with Crippen molar-refractivity contribution in [1.29, 1.82) is 0 Å². The lowest BCUT2D eigenvalue weighted by Crippen LogP contribution is -2.45. The normalized spacial score (nSPS) is 22.9. The third-order valence-electron chi connectivity index (χ3n) is 4.86. The van der Waals surface area contributed by atoms with Crippen LogP contribution in [0.1, 0.15) is 31.2 Å². The van der Waals surface area contributed by atoms with Gasteiger partial charge >= 0.3 is 0 Å². The summed E-state index contributed by atoms with van der Waals surface area (Å²) >= 11 is 0.435. The number of rotatable bonds is 2. The van der Waals surface area contributed by atoms with Crippen molar-refractivity contribution < 1.29 is 39.5 Å². The van der Waals surface area contributed by atoms with E-state index in [1.165, 1.54) is 26.2 Å². The Morgan fingerprint density at radius 2 is 1.33 bits per heavy atom. The number of thiophene rings is 1. The minimum Gasteiger partial charge on any atom is -0.238 e. The van der Waals surface area contributed by atoms with Crippen molar-refractivity contribution >= 4 is 11.3 Å². The van der Waals surface area contributed by atoms with Gasteiger partial charge in [0.05, 0.1) is 5.56 Å². The van der Waals surface area contributed by atoms with Crippen LogP contribution >= 0.6 is 11.3 Å². The smallest absolute Gasteiger partial charge is 0.200 e. The highest BCUT2D eigenvalue weighted by Gasteiger charge is 2.59. The van der Waals surface area contributed by atoms with Gasteiger partial charge in [0.25, 0.3) is 0 Å². The van der Waals surface area contributed by atoms with Gasteiger partial charge < -0.3 is 0 Å². The molecular formula is C20H13F9S. The number of allylic oxidation sites excluding steroid dienone is 4. The minimum absolute atomic E-state index is 0.435. The van der Waals surface area contributed by atoms with Gasteiger partial charge in [0.2, 0.25) is 5.82 Å². The Morgan fingerprint density at radius 1 is 0.833 bits per heavy atom. The van der Waals surface area contributed by atoms with Crippen molar-refractivity contribution in [3.05, 3.63) is 80.1 Å². The Kier molecular flexibility index (Phi) is 5.37. The van der Waals surface area contributed by atoms with Crippen LogP contribution in [-0.2, 0) is 5.41 Å². The van der Waals surface area contributed by atoms with E-state index in [0.717, 1.165) is 12.1 Å². The molecular weight excluding hydrogens is 443 g/mol. The zero-order chi connectivity index (χ0) is 22.8. The Morgan fingerprint density at radius 3 is 1.77 bits per heavy atom. The molecule has 10 heteroatoms. The van der Waals surface area contributed by atoms with Crippen molar-refractivity contribution in [1.82, 2.24) is 0 Å². The second-order valence-electron chi connectivity index (χ2n) is 7.69. The molecule has 0 bridgehead atoms. The third kappa shape index (κ3) is 2.83. The molecule has 0 nitrogen and oxygen atoms in total. The third-order valence-corrected chi connectivity index (χ3v) is 5.87. The van der Waals surface area contributed by atoms with Gasteiger partial charge in [0.1, 0.15) is 11.2 Å². The molecule has 0 saturated heterocycles. The van der Waals surface area contributed by atoms with Gasteiger partial charge in [-0.05, 0) is 16.9 Å². The fraction of sp³-hybridized carbons (Fsp3) is 0.300. The molecule has 1 aromatic heterocycles. The van der Waals surface area contributed by atoms with Crippen molar-refractivity contribution in [3.63, 3.8) is 0 Å². The fourth-order valence-electron chi connectivity index (χ4n) is 3.55. The maximum Gasteiger partial charge on any atom is 0.200 e. The Balaban J connectivity index is 2.55. The van der Waals surface area contributed by atoms with Gasteiger partial charge in [-0.2, -0.15) is 0 Å². The predicted molar refractivity (Wildman–Crippen MR) is 93.1 cm³/mol. The van der Waals surface area contributed by atoms with Crippen LogP contribution < -0.4 is 0 Å². The molecule has 0 amide bonds. The molecule has 2 aromatic rings. The summed E-state index contributed by atoms with van der Waals surface area (Å²) in [6, 6.07) is 2.03. The van der Waals surface area contributed by atoms with Crippen molar-refractivity contribution in [2.45, 2.75) is 32.4 Å². The van der Waals surface area contributed by atoms with Crippen molar-refractivity contribution in [3.8, 4) is 0 Å². The zero-order valence-electron chi connectivity index (χ0n) is 15.6. The number of halogens is 9. The molecule has 2 atom stereocenters. The standard InChI is InChI=1S/C20H13F9S/c1-19(2,3)8-12(23)17(28)20(18(29)13(8)24,7-5-4-6-30-7)9-10(21)14(25)16(27)15(26)11(9)22/h4-6,17H,1-3H3. The lowest BCUT2D eigenvalue weighted by atomic mass is 9.67. The molecule has 0 N–H and O–H groups in total. The van der Waals surface area contributed by atoms with Gasteiger partial charge in [-0.1, -0.05) is 26.8 Å². The number of alkyl halides is 1. The van der Waals surface area contributed by atoms with E-state index in [-0.39, 0.29) is 0 Å². The number of benzene rings is 1.